The highest BCUT2D eigenvalue weighted by Crippen LogP contribution is 2.24. The van der Waals surface area contributed by atoms with Crippen molar-refractivity contribution in [3.8, 4) is 0 Å². The lowest BCUT2D eigenvalue weighted by atomic mass is 10.1. The second kappa shape index (κ2) is 8.22. The maximum atomic E-state index is 6.20. The van der Waals surface area contributed by atoms with Crippen molar-refractivity contribution in [2.75, 3.05) is 26.2 Å². The molecule has 0 atom stereocenters. The van der Waals surface area contributed by atoms with E-state index in [9.17, 15) is 0 Å². The lowest BCUT2D eigenvalue weighted by Crippen LogP contribution is -2.43. The molecule has 2 aromatic carbocycles. The number of hydrogen-bond donors (Lipinski definition) is 0. The number of piperazine rings is 1. The van der Waals surface area contributed by atoms with Crippen LogP contribution in [0, 0.1) is 13.8 Å². The van der Waals surface area contributed by atoms with E-state index in [4.69, 9.17) is 23.2 Å². The predicted molar refractivity (Wildman–Crippen MR) is 107 cm³/mol. The number of benzene rings is 2. The number of aryl methyl sites for hydroxylation is 2. The van der Waals surface area contributed by atoms with Crippen molar-refractivity contribution < 1.29 is 0 Å². The first-order chi connectivity index (χ1) is 12.0. The molecule has 0 amide bonds. The lowest BCUT2D eigenvalue weighted by molar-refractivity contribution is 0.131. The van der Waals surface area contributed by atoms with Crippen molar-refractivity contribution in [3.63, 3.8) is 0 Å². The quantitative estimate of drug-likeness (QED) is 0.717. The van der Waals surface area contributed by atoms with Crippen LogP contribution in [0.4, 0.5) is 0 Å². The molecule has 1 saturated heterocycles. The molecule has 3 nitrogen and oxygen atoms in total. The van der Waals surface area contributed by atoms with Crippen molar-refractivity contribution in [1.82, 2.24) is 9.91 Å². The zero-order valence-corrected chi connectivity index (χ0v) is 16.2. The Bertz CT molecular complexity index is 766. The van der Waals surface area contributed by atoms with Crippen molar-refractivity contribution in [2.24, 2.45) is 5.10 Å². The van der Waals surface area contributed by atoms with Gasteiger partial charge >= 0.3 is 0 Å². The number of halogens is 2. The minimum atomic E-state index is 0.557. The van der Waals surface area contributed by atoms with E-state index < -0.39 is 0 Å². The average Bonchev–Trinajstić information content (AvgIpc) is 2.60. The van der Waals surface area contributed by atoms with E-state index in [1.54, 1.807) is 12.3 Å². The third-order valence-corrected chi connectivity index (χ3v) is 5.42. The van der Waals surface area contributed by atoms with Crippen molar-refractivity contribution in [3.05, 3.63) is 68.7 Å². The van der Waals surface area contributed by atoms with Crippen LogP contribution >= 0.6 is 23.2 Å². The third kappa shape index (κ3) is 4.75. The molecule has 25 heavy (non-hydrogen) atoms. The molecule has 0 bridgehead atoms. The first-order valence-electron chi connectivity index (χ1n) is 8.54. The first-order valence-corrected chi connectivity index (χ1v) is 9.30. The second-order valence-electron chi connectivity index (χ2n) is 6.55. The molecule has 0 unspecified atom stereocenters. The van der Waals surface area contributed by atoms with Crippen LogP contribution in [0.1, 0.15) is 22.3 Å². The molecule has 5 heteroatoms. The largest absolute Gasteiger partial charge is 0.295 e. The predicted octanol–water partition coefficient (Wildman–Crippen LogP) is 4.76. The van der Waals surface area contributed by atoms with Gasteiger partial charge in [-0.25, -0.2) is 0 Å². The monoisotopic (exact) mass is 375 g/mol. The van der Waals surface area contributed by atoms with E-state index in [0.717, 1.165) is 38.3 Å². The van der Waals surface area contributed by atoms with Gasteiger partial charge in [-0.3, -0.25) is 9.91 Å². The average molecular weight is 376 g/mol. The molecule has 0 radical (unpaired) electrons. The summed E-state index contributed by atoms with van der Waals surface area (Å²) in [6.07, 6.45) is 1.80. The summed E-state index contributed by atoms with van der Waals surface area (Å²) in [5, 5.41) is 7.77. The molecule has 1 aliphatic rings. The molecule has 1 fully saturated rings. The minimum Gasteiger partial charge on any atom is -0.295 e. The van der Waals surface area contributed by atoms with Crippen LogP contribution in [0.25, 0.3) is 0 Å². The molecule has 0 saturated carbocycles. The normalized spacial score (nSPS) is 15.9. The fourth-order valence-corrected chi connectivity index (χ4v) is 3.40. The van der Waals surface area contributed by atoms with E-state index in [2.05, 4.69) is 47.1 Å². The highest BCUT2D eigenvalue weighted by Gasteiger charge is 2.16. The van der Waals surface area contributed by atoms with Crippen LogP contribution < -0.4 is 0 Å². The Kier molecular flexibility index (Phi) is 6.00. The topological polar surface area (TPSA) is 18.8 Å². The number of nitrogens with zero attached hydrogens (tertiary/aromatic N) is 3. The second-order valence-corrected chi connectivity index (χ2v) is 7.33. The van der Waals surface area contributed by atoms with E-state index in [-0.39, 0.29) is 0 Å². The fraction of sp³-hybridized carbons (Fsp3) is 0.350. The van der Waals surface area contributed by atoms with Gasteiger partial charge in [-0.05, 0) is 31.0 Å². The number of rotatable bonds is 4. The highest BCUT2D eigenvalue weighted by molar-refractivity contribution is 6.43. The molecule has 1 heterocycles. The summed E-state index contributed by atoms with van der Waals surface area (Å²) in [6.45, 7) is 9.18. The van der Waals surface area contributed by atoms with Crippen LogP contribution in [-0.2, 0) is 6.54 Å². The molecule has 3 rings (SSSR count). The smallest absolute Gasteiger partial charge is 0.0680 e. The summed E-state index contributed by atoms with van der Waals surface area (Å²) in [7, 11) is 0. The zero-order chi connectivity index (χ0) is 17.8. The summed E-state index contributed by atoms with van der Waals surface area (Å²) in [4.78, 5) is 2.48. The Balaban J connectivity index is 1.55. The standard InChI is InChI=1S/C20H23Cl2N3/c1-15-6-7-18(16(2)12-15)14-24-8-10-25(11-9-24)23-13-17-4-3-5-19(21)20(17)22/h3-7,12-13H,8-11,14H2,1-2H3/b23-13-. The molecule has 1 aliphatic heterocycles. The van der Waals surface area contributed by atoms with Crippen LogP contribution in [0.15, 0.2) is 41.5 Å². The molecular weight excluding hydrogens is 353 g/mol. The van der Waals surface area contributed by atoms with Gasteiger partial charge in [0.25, 0.3) is 0 Å². The van der Waals surface area contributed by atoms with Crippen molar-refractivity contribution >= 4 is 29.4 Å². The van der Waals surface area contributed by atoms with Crippen molar-refractivity contribution in [1.29, 1.82) is 0 Å². The van der Waals surface area contributed by atoms with E-state index >= 15 is 0 Å². The Morgan fingerprint density at radius 2 is 1.80 bits per heavy atom. The van der Waals surface area contributed by atoms with Gasteiger partial charge in [-0.1, -0.05) is 59.1 Å². The molecule has 132 valence electrons. The van der Waals surface area contributed by atoms with Gasteiger partial charge in [0, 0.05) is 38.3 Å². The Morgan fingerprint density at radius 3 is 2.52 bits per heavy atom. The van der Waals surface area contributed by atoms with Crippen molar-refractivity contribution in [2.45, 2.75) is 20.4 Å². The lowest BCUT2D eigenvalue weighted by Gasteiger charge is -2.33. The van der Waals surface area contributed by atoms with Gasteiger partial charge in [-0.15, -0.1) is 0 Å². The minimum absolute atomic E-state index is 0.557. The van der Waals surface area contributed by atoms with Gasteiger partial charge in [0.2, 0.25) is 0 Å². The molecule has 0 spiro atoms. The van der Waals surface area contributed by atoms with Gasteiger partial charge in [0.05, 0.1) is 16.3 Å². The van der Waals surface area contributed by atoms with Gasteiger partial charge in [0.1, 0.15) is 0 Å². The summed E-state index contributed by atoms with van der Waals surface area (Å²) >= 11 is 12.2. The van der Waals surface area contributed by atoms with Crippen LogP contribution in [0.5, 0.6) is 0 Å². The van der Waals surface area contributed by atoms with Crippen LogP contribution in [0.2, 0.25) is 10.0 Å². The number of hydrogen-bond acceptors (Lipinski definition) is 3. The van der Waals surface area contributed by atoms with Gasteiger partial charge < -0.3 is 0 Å². The van der Waals surface area contributed by atoms with Gasteiger partial charge in [-0.2, -0.15) is 5.10 Å². The summed E-state index contributed by atoms with van der Waals surface area (Å²) < 4.78 is 0. The van der Waals surface area contributed by atoms with Crippen LogP contribution in [0.3, 0.4) is 0 Å². The first kappa shape index (κ1) is 18.2. The summed E-state index contributed by atoms with van der Waals surface area (Å²) in [5.74, 6) is 0. The van der Waals surface area contributed by atoms with E-state index in [0.29, 0.717) is 10.0 Å². The molecule has 0 N–H and O–H groups in total. The Hall–Kier alpha value is -1.55. The molecular formula is C20H23Cl2N3. The summed E-state index contributed by atoms with van der Waals surface area (Å²) in [5.41, 5.74) is 4.95. The zero-order valence-electron chi connectivity index (χ0n) is 14.7. The van der Waals surface area contributed by atoms with Gasteiger partial charge in [0.15, 0.2) is 0 Å². The Morgan fingerprint density at radius 1 is 1.04 bits per heavy atom. The maximum absolute atomic E-state index is 6.20. The van der Waals surface area contributed by atoms with E-state index in [1.807, 2.05) is 12.1 Å². The third-order valence-electron chi connectivity index (χ3n) is 4.58. The molecule has 0 aliphatic carbocycles. The number of hydrazone groups is 1. The fourth-order valence-electron chi connectivity index (χ4n) is 3.04. The SMILES string of the molecule is Cc1ccc(CN2CCN(/N=C\c3cccc(Cl)c3Cl)CC2)c(C)c1. The maximum Gasteiger partial charge on any atom is 0.0680 e. The molecule has 0 aromatic heterocycles. The molecule has 2 aromatic rings. The summed E-state index contributed by atoms with van der Waals surface area (Å²) in [6, 6.07) is 12.3. The van der Waals surface area contributed by atoms with E-state index in [1.165, 1.54) is 16.7 Å². The highest BCUT2D eigenvalue weighted by atomic mass is 35.5. The van der Waals surface area contributed by atoms with Crippen LogP contribution in [-0.4, -0.2) is 42.3 Å². The Labute approximate surface area is 159 Å².